The summed E-state index contributed by atoms with van der Waals surface area (Å²) in [6, 6.07) is 14.0. The predicted octanol–water partition coefficient (Wildman–Crippen LogP) is 4.05. The molecule has 4 aromatic rings. The number of amides is 1. The fourth-order valence-electron chi connectivity index (χ4n) is 3.44. The van der Waals surface area contributed by atoms with E-state index in [0.717, 1.165) is 16.5 Å². The topological polar surface area (TPSA) is 78.6 Å². The summed E-state index contributed by atoms with van der Waals surface area (Å²) >= 11 is 1.29. The Morgan fingerprint density at radius 2 is 1.88 bits per heavy atom. The minimum absolute atomic E-state index is 0.264. The first-order chi connectivity index (χ1) is 15.5. The second-order valence-electron chi connectivity index (χ2n) is 7.41. The summed E-state index contributed by atoms with van der Waals surface area (Å²) in [6.45, 7) is 4.82. The lowest BCUT2D eigenvalue weighted by molar-refractivity contribution is 0.100. The lowest BCUT2D eigenvalue weighted by atomic mass is 10.1. The zero-order chi connectivity index (χ0) is 22.7. The molecule has 0 aliphatic rings. The molecule has 32 heavy (non-hydrogen) atoms. The smallest absolute Gasteiger partial charge is 0.289 e. The number of carbonyl (C=O) groups excluding carboxylic acids is 1. The van der Waals surface area contributed by atoms with Gasteiger partial charge in [-0.05, 0) is 37.1 Å². The van der Waals surface area contributed by atoms with Crippen molar-refractivity contribution in [3.8, 4) is 5.88 Å². The Labute approximate surface area is 190 Å². The first-order valence-corrected chi connectivity index (χ1v) is 10.9. The van der Waals surface area contributed by atoms with E-state index in [0.29, 0.717) is 33.4 Å². The number of pyridine rings is 1. The third kappa shape index (κ3) is 4.46. The van der Waals surface area contributed by atoms with Crippen LogP contribution >= 0.6 is 11.3 Å². The first kappa shape index (κ1) is 21.9. The lowest BCUT2D eigenvalue weighted by Crippen LogP contribution is -2.22. The third-order valence-electron chi connectivity index (χ3n) is 5.07. The molecule has 0 spiro atoms. The molecule has 0 saturated carbocycles. The number of aryl methyl sites for hydroxylation is 2. The maximum atomic E-state index is 13.2. The highest BCUT2D eigenvalue weighted by molar-refractivity contribution is 7.20. The maximum absolute atomic E-state index is 13.2. The molecule has 0 aliphatic heterocycles. The van der Waals surface area contributed by atoms with Crippen LogP contribution < -0.4 is 10.2 Å². The van der Waals surface area contributed by atoms with Crippen molar-refractivity contribution in [1.29, 1.82) is 0 Å². The fraction of sp³-hybridized carbons (Fsp3) is 0.250. The van der Waals surface area contributed by atoms with Crippen LogP contribution in [0.15, 0.2) is 53.7 Å². The number of thiophene rings is 1. The summed E-state index contributed by atoms with van der Waals surface area (Å²) in [5, 5.41) is 0.733. The van der Waals surface area contributed by atoms with E-state index in [-0.39, 0.29) is 12.5 Å². The van der Waals surface area contributed by atoms with Gasteiger partial charge in [0, 0.05) is 19.9 Å². The Hall–Kier alpha value is -3.36. The summed E-state index contributed by atoms with van der Waals surface area (Å²) < 4.78 is 12.6. The van der Waals surface area contributed by atoms with E-state index in [1.807, 2.05) is 35.9 Å². The van der Waals surface area contributed by atoms with Crippen molar-refractivity contribution in [2.24, 2.45) is 4.99 Å². The van der Waals surface area contributed by atoms with Crippen LogP contribution in [0.2, 0.25) is 0 Å². The zero-order valence-corrected chi connectivity index (χ0v) is 19.3. The fourth-order valence-corrected chi connectivity index (χ4v) is 4.51. The van der Waals surface area contributed by atoms with Crippen LogP contribution in [0.3, 0.4) is 0 Å². The standard InChI is InChI=1S/C24H24N4O3S/c1-15-8-10-17(11-9-15)13-28-12-6-5-7-19(28)27-22(29)21-16(2)20-23(31-4)25-18(14-30-3)26-24(20)32-21/h5-12H,13-14H2,1-4H3. The van der Waals surface area contributed by atoms with Gasteiger partial charge in [0.2, 0.25) is 5.88 Å². The molecule has 0 N–H and O–H groups in total. The number of fused-ring (bicyclic) bond motifs is 1. The zero-order valence-electron chi connectivity index (χ0n) is 18.5. The van der Waals surface area contributed by atoms with Crippen LogP contribution in [0.25, 0.3) is 10.2 Å². The molecule has 164 valence electrons. The second kappa shape index (κ2) is 9.42. The monoisotopic (exact) mass is 448 g/mol. The molecular weight excluding hydrogens is 424 g/mol. The Balaban J connectivity index is 1.74. The van der Waals surface area contributed by atoms with Gasteiger partial charge in [0.05, 0.1) is 12.5 Å². The van der Waals surface area contributed by atoms with Crippen molar-refractivity contribution in [3.05, 3.63) is 81.5 Å². The number of hydrogen-bond acceptors (Lipinski definition) is 6. The van der Waals surface area contributed by atoms with Gasteiger partial charge in [0.1, 0.15) is 21.8 Å². The lowest BCUT2D eigenvalue weighted by Gasteiger charge is -2.08. The van der Waals surface area contributed by atoms with Crippen LogP contribution in [0.4, 0.5) is 0 Å². The Bertz CT molecular complexity index is 1340. The van der Waals surface area contributed by atoms with Gasteiger partial charge in [-0.15, -0.1) is 11.3 Å². The Kier molecular flexibility index (Phi) is 6.43. The van der Waals surface area contributed by atoms with Gasteiger partial charge in [-0.3, -0.25) is 4.79 Å². The molecule has 1 amide bonds. The molecule has 3 heterocycles. The molecule has 0 unspecified atom stereocenters. The van der Waals surface area contributed by atoms with E-state index in [9.17, 15) is 4.79 Å². The summed E-state index contributed by atoms with van der Waals surface area (Å²) in [5.74, 6) is 0.627. The first-order valence-electron chi connectivity index (χ1n) is 10.1. The minimum Gasteiger partial charge on any atom is -0.480 e. The molecule has 0 bridgehead atoms. The van der Waals surface area contributed by atoms with Gasteiger partial charge in [-0.1, -0.05) is 35.9 Å². The number of aromatic nitrogens is 3. The van der Waals surface area contributed by atoms with Crippen molar-refractivity contribution in [2.45, 2.75) is 27.0 Å². The molecule has 0 atom stereocenters. The van der Waals surface area contributed by atoms with Gasteiger partial charge in [-0.25, -0.2) is 4.98 Å². The molecule has 0 aliphatic carbocycles. The van der Waals surface area contributed by atoms with E-state index in [4.69, 9.17) is 9.47 Å². The molecule has 7 nitrogen and oxygen atoms in total. The average Bonchev–Trinajstić information content (AvgIpc) is 3.13. The molecule has 4 rings (SSSR count). The predicted molar refractivity (Wildman–Crippen MR) is 124 cm³/mol. The quantitative estimate of drug-likeness (QED) is 0.445. The van der Waals surface area contributed by atoms with Crippen LogP contribution in [-0.2, 0) is 17.9 Å². The van der Waals surface area contributed by atoms with Gasteiger partial charge in [0.15, 0.2) is 5.82 Å². The highest BCUT2D eigenvalue weighted by atomic mass is 32.1. The number of nitrogens with zero attached hydrogens (tertiary/aromatic N) is 4. The summed E-state index contributed by atoms with van der Waals surface area (Å²) in [5.41, 5.74) is 3.70. The number of rotatable bonds is 6. The van der Waals surface area contributed by atoms with Crippen LogP contribution in [0.5, 0.6) is 5.88 Å². The average molecular weight is 449 g/mol. The van der Waals surface area contributed by atoms with Crippen LogP contribution in [0.1, 0.15) is 32.2 Å². The molecule has 0 fully saturated rings. The van der Waals surface area contributed by atoms with Gasteiger partial charge in [-0.2, -0.15) is 9.98 Å². The summed E-state index contributed by atoms with van der Waals surface area (Å²) in [4.78, 5) is 27.7. The number of benzene rings is 1. The molecule has 0 radical (unpaired) electrons. The molecular formula is C24H24N4O3S. The number of methoxy groups -OCH3 is 2. The van der Waals surface area contributed by atoms with E-state index >= 15 is 0 Å². The van der Waals surface area contributed by atoms with E-state index in [1.54, 1.807) is 14.2 Å². The van der Waals surface area contributed by atoms with E-state index in [1.165, 1.54) is 16.9 Å². The van der Waals surface area contributed by atoms with Crippen molar-refractivity contribution in [1.82, 2.24) is 14.5 Å². The van der Waals surface area contributed by atoms with Gasteiger partial charge < -0.3 is 14.0 Å². The van der Waals surface area contributed by atoms with Crippen LogP contribution in [-0.4, -0.2) is 34.7 Å². The van der Waals surface area contributed by atoms with Crippen LogP contribution in [0, 0.1) is 13.8 Å². The SMILES string of the molecule is COCc1nc(OC)c2c(C)c(C(=O)N=c3ccccn3Cc3ccc(C)cc3)sc2n1. The van der Waals surface area contributed by atoms with Gasteiger partial charge in [0.25, 0.3) is 5.91 Å². The highest BCUT2D eigenvalue weighted by Crippen LogP contribution is 2.35. The summed E-state index contributed by atoms with van der Waals surface area (Å²) in [7, 11) is 3.14. The highest BCUT2D eigenvalue weighted by Gasteiger charge is 2.21. The largest absolute Gasteiger partial charge is 0.480 e. The van der Waals surface area contributed by atoms with Crippen molar-refractivity contribution in [3.63, 3.8) is 0 Å². The third-order valence-corrected chi connectivity index (χ3v) is 6.24. The maximum Gasteiger partial charge on any atom is 0.289 e. The van der Waals surface area contributed by atoms with Gasteiger partial charge >= 0.3 is 0 Å². The Morgan fingerprint density at radius 1 is 1.09 bits per heavy atom. The second-order valence-corrected chi connectivity index (χ2v) is 8.41. The Morgan fingerprint density at radius 3 is 2.59 bits per heavy atom. The number of carbonyl (C=O) groups is 1. The number of hydrogen-bond donors (Lipinski definition) is 0. The van der Waals surface area contributed by atoms with E-state index in [2.05, 4.69) is 46.1 Å². The normalized spacial score (nSPS) is 11.8. The van der Waals surface area contributed by atoms with Crippen molar-refractivity contribution in [2.75, 3.05) is 14.2 Å². The van der Waals surface area contributed by atoms with E-state index < -0.39 is 0 Å². The molecule has 8 heteroatoms. The van der Waals surface area contributed by atoms with Crippen molar-refractivity contribution >= 4 is 27.5 Å². The molecule has 1 aromatic carbocycles. The minimum atomic E-state index is -0.315. The summed E-state index contributed by atoms with van der Waals surface area (Å²) in [6.07, 6.45) is 1.93. The van der Waals surface area contributed by atoms with Crippen molar-refractivity contribution < 1.29 is 14.3 Å². The molecule has 0 saturated heterocycles. The molecule has 3 aromatic heterocycles. The number of ether oxygens (including phenoxy) is 2.